The number of hydrogen-bond acceptors (Lipinski definition) is 2. The van der Waals surface area contributed by atoms with Gasteiger partial charge in [0.05, 0.1) is 11.0 Å². The Labute approximate surface area is 107 Å². The second-order valence-electron chi connectivity index (χ2n) is 4.42. The monoisotopic (exact) mass is 307 g/mol. The third kappa shape index (κ3) is 3.73. The number of halogens is 2. The van der Waals surface area contributed by atoms with E-state index in [0.717, 1.165) is 5.56 Å². The fourth-order valence-corrected chi connectivity index (χ4v) is 2.17. The van der Waals surface area contributed by atoms with Gasteiger partial charge in [-0.05, 0) is 48.3 Å². The van der Waals surface area contributed by atoms with Crippen molar-refractivity contribution in [3.05, 3.63) is 34.1 Å². The van der Waals surface area contributed by atoms with E-state index in [-0.39, 0.29) is 10.6 Å². The molecule has 0 bridgehead atoms. The van der Waals surface area contributed by atoms with E-state index in [1.165, 1.54) is 6.07 Å². The highest BCUT2D eigenvalue weighted by Gasteiger charge is 2.26. The minimum absolute atomic E-state index is 0.305. The zero-order valence-electron chi connectivity index (χ0n) is 9.51. The summed E-state index contributed by atoms with van der Waals surface area (Å²) >= 11 is 2.02. The molecule has 0 amide bonds. The van der Waals surface area contributed by atoms with Crippen LogP contribution >= 0.6 is 15.9 Å². The predicted molar refractivity (Wildman–Crippen MR) is 68.8 cm³/mol. The van der Waals surface area contributed by atoms with Gasteiger partial charge in [0.2, 0.25) is 0 Å². The van der Waals surface area contributed by atoms with Crippen LogP contribution in [0.4, 0.5) is 4.39 Å². The van der Waals surface area contributed by atoms with Crippen molar-refractivity contribution in [2.24, 2.45) is 0 Å². The average molecular weight is 308 g/mol. The van der Waals surface area contributed by atoms with Gasteiger partial charge in [0.15, 0.2) is 0 Å². The van der Waals surface area contributed by atoms with Crippen molar-refractivity contribution in [1.29, 1.82) is 0 Å². The molecular weight excluding hydrogens is 293 g/mol. The van der Waals surface area contributed by atoms with Gasteiger partial charge < -0.3 is 4.55 Å². The standard InChI is InChI=1S/C11H15BrFNOS/c1-11(2,3)16(15)14-7-8-5-4-6-9(13)10(8)12/h4-6,14H,7H2,1-3H3/t16-/m1/s1. The van der Waals surface area contributed by atoms with Crippen LogP contribution in [0, 0.1) is 5.82 Å². The molecule has 1 aromatic rings. The van der Waals surface area contributed by atoms with Crippen molar-refractivity contribution in [3.63, 3.8) is 0 Å². The summed E-state index contributed by atoms with van der Waals surface area (Å²) in [7, 11) is 0. The molecule has 1 atom stereocenters. The quantitative estimate of drug-likeness (QED) is 0.871. The molecule has 5 heteroatoms. The molecule has 1 rings (SSSR count). The predicted octanol–water partition coefficient (Wildman–Crippen LogP) is 3.14. The third-order valence-corrected chi connectivity index (χ3v) is 4.39. The van der Waals surface area contributed by atoms with Gasteiger partial charge in [-0.25, -0.2) is 4.39 Å². The lowest BCUT2D eigenvalue weighted by atomic mass is 10.2. The van der Waals surface area contributed by atoms with Crippen LogP contribution in [0.5, 0.6) is 0 Å². The van der Waals surface area contributed by atoms with Crippen LogP contribution in [0.3, 0.4) is 0 Å². The number of benzene rings is 1. The summed E-state index contributed by atoms with van der Waals surface area (Å²) in [6, 6.07) is 4.81. The van der Waals surface area contributed by atoms with Crippen LogP contribution in [0.2, 0.25) is 0 Å². The smallest absolute Gasteiger partial charge is 0.137 e. The fraction of sp³-hybridized carbons (Fsp3) is 0.455. The maximum absolute atomic E-state index is 13.2. The van der Waals surface area contributed by atoms with Crippen molar-refractivity contribution >= 4 is 27.3 Å². The molecule has 1 aromatic carbocycles. The minimum Gasteiger partial charge on any atom is -0.598 e. The SMILES string of the molecule is CC(C)(C)[S@@+]([O-])NCc1cccc(F)c1Br. The Morgan fingerprint density at radius 1 is 1.44 bits per heavy atom. The van der Waals surface area contributed by atoms with Crippen LogP contribution in [0.15, 0.2) is 22.7 Å². The fourth-order valence-electron chi connectivity index (χ4n) is 1.04. The highest BCUT2D eigenvalue weighted by molar-refractivity contribution is 9.10. The molecule has 2 nitrogen and oxygen atoms in total. The van der Waals surface area contributed by atoms with E-state index in [0.29, 0.717) is 11.0 Å². The first-order chi connectivity index (χ1) is 7.32. The van der Waals surface area contributed by atoms with Crippen LogP contribution < -0.4 is 4.72 Å². The lowest BCUT2D eigenvalue weighted by molar-refractivity contribution is 0.543. The molecule has 0 aromatic heterocycles. The van der Waals surface area contributed by atoms with Gasteiger partial charge in [0.25, 0.3) is 0 Å². The van der Waals surface area contributed by atoms with Crippen molar-refractivity contribution < 1.29 is 8.94 Å². The normalized spacial score (nSPS) is 13.9. The summed E-state index contributed by atoms with van der Waals surface area (Å²) < 4.78 is 27.9. The summed E-state index contributed by atoms with van der Waals surface area (Å²) in [6.07, 6.45) is 0. The van der Waals surface area contributed by atoms with Gasteiger partial charge in [0.1, 0.15) is 10.6 Å². The third-order valence-electron chi connectivity index (χ3n) is 1.98. The molecule has 0 aliphatic heterocycles. The van der Waals surface area contributed by atoms with E-state index < -0.39 is 11.4 Å². The Morgan fingerprint density at radius 3 is 2.62 bits per heavy atom. The summed E-state index contributed by atoms with van der Waals surface area (Å²) in [5.74, 6) is -0.305. The lowest BCUT2D eigenvalue weighted by Gasteiger charge is -2.23. The molecule has 0 spiro atoms. The molecular formula is C11H15BrFNOS. The van der Waals surface area contributed by atoms with Gasteiger partial charge in [-0.1, -0.05) is 12.1 Å². The van der Waals surface area contributed by atoms with Crippen LogP contribution in [0.1, 0.15) is 26.3 Å². The molecule has 0 unspecified atom stereocenters. The van der Waals surface area contributed by atoms with E-state index in [2.05, 4.69) is 20.7 Å². The zero-order chi connectivity index (χ0) is 12.3. The second-order valence-corrected chi connectivity index (χ2v) is 7.26. The lowest BCUT2D eigenvalue weighted by Crippen LogP contribution is -2.39. The first-order valence-electron chi connectivity index (χ1n) is 4.90. The molecule has 1 N–H and O–H groups in total. The van der Waals surface area contributed by atoms with Crippen LogP contribution in [0.25, 0.3) is 0 Å². The van der Waals surface area contributed by atoms with Crippen molar-refractivity contribution in [2.45, 2.75) is 32.1 Å². The molecule has 0 saturated heterocycles. The minimum atomic E-state index is -1.15. The maximum Gasteiger partial charge on any atom is 0.137 e. The molecule has 16 heavy (non-hydrogen) atoms. The first kappa shape index (κ1) is 14.0. The molecule has 0 fully saturated rings. The summed E-state index contributed by atoms with van der Waals surface area (Å²) in [5.41, 5.74) is 0.762. The number of rotatable bonds is 3. The Balaban J connectivity index is 2.65. The second kappa shape index (κ2) is 5.49. The van der Waals surface area contributed by atoms with Gasteiger partial charge in [-0.2, -0.15) is 0 Å². The van der Waals surface area contributed by atoms with Crippen molar-refractivity contribution in [2.75, 3.05) is 0 Å². The molecule has 0 aliphatic rings. The van der Waals surface area contributed by atoms with Crippen molar-refractivity contribution in [1.82, 2.24) is 4.72 Å². The highest BCUT2D eigenvalue weighted by atomic mass is 79.9. The average Bonchev–Trinajstić information content (AvgIpc) is 2.18. The molecule has 90 valence electrons. The summed E-state index contributed by atoms with van der Waals surface area (Å²) in [5, 5.41) is 0. The maximum atomic E-state index is 13.2. The van der Waals surface area contributed by atoms with Gasteiger partial charge in [-0.15, -0.1) is 4.72 Å². The summed E-state index contributed by atoms with van der Waals surface area (Å²) in [4.78, 5) is 0. The van der Waals surface area contributed by atoms with Gasteiger partial charge >= 0.3 is 0 Å². The number of nitrogens with one attached hydrogen (secondary N) is 1. The largest absolute Gasteiger partial charge is 0.598 e. The topological polar surface area (TPSA) is 35.1 Å². The molecule has 0 saturated carbocycles. The van der Waals surface area contributed by atoms with Crippen molar-refractivity contribution in [3.8, 4) is 0 Å². The van der Waals surface area contributed by atoms with E-state index >= 15 is 0 Å². The molecule has 0 radical (unpaired) electrons. The van der Waals surface area contributed by atoms with E-state index in [1.807, 2.05) is 20.8 Å². The Hall–Kier alpha value is -0.100. The van der Waals surface area contributed by atoms with Crippen LogP contribution in [-0.4, -0.2) is 9.30 Å². The van der Waals surface area contributed by atoms with Gasteiger partial charge in [-0.3, -0.25) is 0 Å². The Bertz CT molecular complexity index is 367. The van der Waals surface area contributed by atoms with E-state index in [9.17, 15) is 8.94 Å². The molecule has 0 aliphatic carbocycles. The van der Waals surface area contributed by atoms with Crippen LogP contribution in [-0.2, 0) is 17.9 Å². The molecule has 0 heterocycles. The number of hydrogen-bond donors (Lipinski definition) is 1. The summed E-state index contributed by atoms with van der Waals surface area (Å²) in [6.45, 7) is 6.03. The Kier molecular flexibility index (Phi) is 4.79. The first-order valence-corrected chi connectivity index (χ1v) is 6.85. The van der Waals surface area contributed by atoms with E-state index in [1.54, 1.807) is 12.1 Å². The van der Waals surface area contributed by atoms with Gasteiger partial charge in [0, 0.05) is 11.4 Å². The van der Waals surface area contributed by atoms with E-state index in [4.69, 9.17) is 0 Å². The Morgan fingerprint density at radius 2 is 2.06 bits per heavy atom. The highest BCUT2D eigenvalue weighted by Crippen LogP contribution is 2.21. The zero-order valence-corrected chi connectivity index (χ0v) is 11.9.